The van der Waals surface area contributed by atoms with Gasteiger partial charge in [-0.05, 0) is 63.0 Å². The van der Waals surface area contributed by atoms with Crippen molar-refractivity contribution in [2.45, 2.75) is 94.8 Å². The Balaban J connectivity index is 1.38. The molecule has 5 aliphatic rings. The van der Waals surface area contributed by atoms with E-state index in [1.807, 2.05) is 19.1 Å². The zero-order valence-electron chi connectivity index (χ0n) is 22.2. The Morgan fingerprint density at radius 1 is 1.23 bits per heavy atom. The van der Waals surface area contributed by atoms with Crippen LogP contribution in [0.4, 0.5) is 14.5 Å². The molecule has 6 rings (SSSR count). The molecule has 9 nitrogen and oxygen atoms in total. The molecule has 2 bridgehead atoms. The van der Waals surface area contributed by atoms with Crippen LogP contribution in [0.1, 0.15) is 63.4 Å². The fourth-order valence-electron chi connectivity index (χ4n) is 6.49. The van der Waals surface area contributed by atoms with Crippen LogP contribution < -0.4 is 16.0 Å². The van der Waals surface area contributed by atoms with Crippen molar-refractivity contribution in [3.63, 3.8) is 0 Å². The van der Waals surface area contributed by atoms with Crippen LogP contribution in [0.3, 0.4) is 0 Å². The fraction of sp³-hybridized carbons (Fsp3) is 0.679. The van der Waals surface area contributed by atoms with Gasteiger partial charge in [-0.25, -0.2) is 8.78 Å². The summed E-state index contributed by atoms with van der Waals surface area (Å²) < 4.78 is 30.3. The number of hydrogen-bond donors (Lipinski definition) is 3. The molecule has 1 aromatic rings. The van der Waals surface area contributed by atoms with Crippen LogP contribution in [0.2, 0.25) is 0 Å². The maximum atomic E-state index is 15.1. The van der Waals surface area contributed by atoms with E-state index in [0.717, 1.165) is 24.8 Å². The lowest BCUT2D eigenvalue weighted by Gasteiger charge is -2.54. The number of fused-ring (bicyclic) bond motifs is 3. The molecule has 3 aliphatic heterocycles. The maximum Gasteiger partial charge on any atom is 0.255 e. The van der Waals surface area contributed by atoms with Crippen molar-refractivity contribution < 1.29 is 23.2 Å². The highest BCUT2D eigenvalue weighted by Crippen LogP contribution is 2.49. The van der Waals surface area contributed by atoms with E-state index >= 15 is 8.78 Å². The van der Waals surface area contributed by atoms with Crippen molar-refractivity contribution in [3.05, 3.63) is 24.0 Å². The SMILES string of the molecule is Cc1cncc(N[C@@H](CC2CC2)C(=O)N2[C@H]3CC[C@@H]([C@@H]2C(=O)N[C@H](C#N)C[C@@H]2CCCNC2=O)C(F)(F)C3)c1. The van der Waals surface area contributed by atoms with Crippen molar-refractivity contribution >= 4 is 23.4 Å². The standard InChI is InChI=1S/C28H36F2N6O3/c1-16-9-20(15-32-14-16)34-23(10-17-4-5-17)27(39)36-21-6-7-22(28(29,30)12-21)24(36)26(38)35-19(13-31)11-18-3-2-8-33-25(18)37/h9,14-15,17-19,21-24,34H,2-8,10-12H2,1H3,(H,33,37)(H,35,38)/t18-,19-,21-,22-,23-,24+/m0/s1. The number of rotatable bonds is 9. The summed E-state index contributed by atoms with van der Waals surface area (Å²) in [6.45, 7) is 2.47. The molecule has 0 spiro atoms. The van der Waals surface area contributed by atoms with Gasteiger partial charge in [0.15, 0.2) is 0 Å². The summed E-state index contributed by atoms with van der Waals surface area (Å²) in [4.78, 5) is 45.5. The second kappa shape index (κ2) is 11.1. The molecule has 0 aromatic carbocycles. The number of hydrogen-bond acceptors (Lipinski definition) is 6. The summed E-state index contributed by atoms with van der Waals surface area (Å²) in [6, 6.07) is 0.0543. The third-order valence-electron chi connectivity index (χ3n) is 8.63. The number of nitrogens with zero attached hydrogens (tertiary/aromatic N) is 3. The topological polar surface area (TPSA) is 127 Å². The zero-order valence-corrected chi connectivity index (χ0v) is 22.2. The van der Waals surface area contributed by atoms with Gasteiger partial charge in [0.05, 0.1) is 17.7 Å². The molecular formula is C28H36F2N6O3. The second-order valence-electron chi connectivity index (χ2n) is 11.7. The summed E-state index contributed by atoms with van der Waals surface area (Å²) in [7, 11) is 0. The Morgan fingerprint density at radius 2 is 2.03 bits per heavy atom. The highest BCUT2D eigenvalue weighted by Gasteiger charge is 2.61. The van der Waals surface area contributed by atoms with Gasteiger partial charge in [0, 0.05) is 37.3 Å². The smallest absolute Gasteiger partial charge is 0.255 e. The molecule has 3 N–H and O–H groups in total. The summed E-state index contributed by atoms with van der Waals surface area (Å²) in [5.41, 5.74) is 1.58. The van der Waals surface area contributed by atoms with Gasteiger partial charge in [-0.1, -0.05) is 12.8 Å². The number of nitriles is 1. The average molecular weight is 543 g/mol. The molecule has 39 heavy (non-hydrogen) atoms. The monoisotopic (exact) mass is 542 g/mol. The van der Waals surface area contributed by atoms with Gasteiger partial charge in [-0.3, -0.25) is 19.4 Å². The Labute approximate surface area is 227 Å². The highest BCUT2D eigenvalue weighted by molar-refractivity contribution is 5.92. The molecule has 2 saturated carbocycles. The number of aryl methyl sites for hydroxylation is 1. The van der Waals surface area contributed by atoms with E-state index in [1.165, 1.54) is 4.90 Å². The molecule has 0 radical (unpaired) electrons. The van der Waals surface area contributed by atoms with Gasteiger partial charge in [0.1, 0.15) is 18.1 Å². The first-order chi connectivity index (χ1) is 18.7. The molecule has 3 amide bonds. The minimum atomic E-state index is -3.09. The first-order valence-electron chi connectivity index (χ1n) is 14.0. The predicted molar refractivity (Wildman–Crippen MR) is 138 cm³/mol. The van der Waals surface area contributed by atoms with E-state index in [4.69, 9.17) is 0 Å². The van der Waals surface area contributed by atoms with E-state index < -0.39 is 54.3 Å². The first kappa shape index (κ1) is 27.3. The minimum Gasteiger partial charge on any atom is -0.372 e. The average Bonchev–Trinajstić information content (AvgIpc) is 3.72. The molecule has 6 atom stereocenters. The molecular weight excluding hydrogens is 506 g/mol. The first-order valence-corrected chi connectivity index (χ1v) is 14.0. The number of halogens is 2. The van der Waals surface area contributed by atoms with Crippen LogP contribution in [-0.2, 0) is 14.4 Å². The van der Waals surface area contributed by atoms with Crippen molar-refractivity contribution in [1.82, 2.24) is 20.5 Å². The lowest BCUT2D eigenvalue weighted by atomic mass is 9.71. The van der Waals surface area contributed by atoms with Crippen LogP contribution in [0.15, 0.2) is 18.5 Å². The quantitative estimate of drug-likeness (QED) is 0.440. The molecule has 2 aliphatic carbocycles. The highest BCUT2D eigenvalue weighted by atomic mass is 19.3. The second-order valence-corrected chi connectivity index (χ2v) is 11.7. The van der Waals surface area contributed by atoms with Crippen molar-refractivity contribution in [3.8, 4) is 6.07 Å². The summed E-state index contributed by atoms with van der Waals surface area (Å²) in [5, 5.41) is 18.4. The molecule has 11 heteroatoms. The molecule has 1 aromatic heterocycles. The van der Waals surface area contributed by atoms with Crippen LogP contribution in [0.5, 0.6) is 0 Å². The van der Waals surface area contributed by atoms with E-state index in [0.29, 0.717) is 37.4 Å². The Bertz CT molecular complexity index is 1150. The summed E-state index contributed by atoms with van der Waals surface area (Å²) in [5.74, 6) is -5.77. The van der Waals surface area contributed by atoms with Crippen LogP contribution in [-0.4, -0.2) is 64.2 Å². The maximum absolute atomic E-state index is 15.1. The largest absolute Gasteiger partial charge is 0.372 e. The van der Waals surface area contributed by atoms with Crippen molar-refractivity contribution in [1.29, 1.82) is 5.26 Å². The van der Waals surface area contributed by atoms with Gasteiger partial charge >= 0.3 is 0 Å². The lowest BCUT2D eigenvalue weighted by molar-refractivity contribution is -0.194. The normalized spacial score (nSPS) is 29.1. The van der Waals surface area contributed by atoms with Gasteiger partial charge < -0.3 is 20.9 Å². The summed E-state index contributed by atoms with van der Waals surface area (Å²) >= 11 is 0. The third kappa shape index (κ3) is 5.99. The van der Waals surface area contributed by atoms with Crippen LogP contribution in [0.25, 0.3) is 0 Å². The number of piperidine rings is 3. The van der Waals surface area contributed by atoms with Gasteiger partial charge in [-0.2, -0.15) is 5.26 Å². The predicted octanol–water partition coefficient (Wildman–Crippen LogP) is 2.91. The summed E-state index contributed by atoms with van der Waals surface area (Å²) in [6.07, 6.45) is 7.42. The fourth-order valence-corrected chi connectivity index (χ4v) is 6.49. The minimum absolute atomic E-state index is 0.103. The number of aromatic nitrogens is 1. The number of nitrogens with one attached hydrogen (secondary N) is 3. The Hall–Kier alpha value is -3.29. The van der Waals surface area contributed by atoms with Gasteiger partial charge in [-0.15, -0.1) is 0 Å². The third-order valence-corrected chi connectivity index (χ3v) is 8.63. The van der Waals surface area contributed by atoms with E-state index in [1.54, 1.807) is 12.4 Å². The Morgan fingerprint density at radius 3 is 2.69 bits per heavy atom. The van der Waals surface area contributed by atoms with Gasteiger partial charge in [0.25, 0.3) is 5.92 Å². The molecule has 3 saturated heterocycles. The van der Waals surface area contributed by atoms with E-state index in [2.05, 4.69) is 20.9 Å². The number of carbonyl (C=O) groups excluding carboxylic acids is 3. The van der Waals surface area contributed by atoms with E-state index in [-0.39, 0.29) is 24.7 Å². The molecule has 0 unspecified atom stereocenters. The Kier molecular flexibility index (Phi) is 7.74. The van der Waals surface area contributed by atoms with Crippen LogP contribution >= 0.6 is 0 Å². The number of alkyl halides is 2. The number of pyridine rings is 1. The van der Waals surface area contributed by atoms with Crippen LogP contribution in [0, 0.1) is 36.0 Å². The van der Waals surface area contributed by atoms with Crippen molar-refractivity contribution in [2.24, 2.45) is 17.8 Å². The molecule has 4 heterocycles. The molecule has 5 fully saturated rings. The molecule has 210 valence electrons. The van der Waals surface area contributed by atoms with E-state index in [9.17, 15) is 19.6 Å². The van der Waals surface area contributed by atoms with Crippen molar-refractivity contribution in [2.75, 3.05) is 11.9 Å². The lowest BCUT2D eigenvalue weighted by Crippen LogP contribution is -2.70. The number of amides is 3. The van der Waals surface area contributed by atoms with Gasteiger partial charge in [0.2, 0.25) is 17.7 Å². The number of anilines is 1. The number of carbonyl (C=O) groups is 3. The zero-order chi connectivity index (χ0) is 27.7.